The van der Waals surface area contributed by atoms with Gasteiger partial charge in [0.2, 0.25) is 0 Å². The summed E-state index contributed by atoms with van der Waals surface area (Å²) in [6.45, 7) is 0. The fourth-order valence-corrected chi connectivity index (χ4v) is 2.02. The number of aromatic nitrogens is 1. The highest BCUT2D eigenvalue weighted by Gasteiger charge is 2.34. The van der Waals surface area contributed by atoms with E-state index in [0.717, 1.165) is 17.4 Å². The number of hydrogen-bond acceptors (Lipinski definition) is 3. The summed E-state index contributed by atoms with van der Waals surface area (Å²) in [5, 5.41) is -0.0129. The molecule has 1 heterocycles. The van der Waals surface area contributed by atoms with E-state index >= 15 is 0 Å². The summed E-state index contributed by atoms with van der Waals surface area (Å²) in [6, 6.07) is 1.40. The Hall–Kier alpha value is -1.37. The molecule has 0 saturated carbocycles. The van der Waals surface area contributed by atoms with Gasteiger partial charge in [-0.3, -0.25) is 0 Å². The first-order valence-electron chi connectivity index (χ1n) is 3.80. The fraction of sp³-hybridized carbons (Fsp3) is 0.125. The Labute approximate surface area is 85.3 Å². The summed E-state index contributed by atoms with van der Waals surface area (Å²) in [5.74, 6) is -0.946. The van der Waals surface area contributed by atoms with E-state index in [0.29, 0.717) is 6.07 Å². The molecule has 15 heavy (non-hydrogen) atoms. The summed E-state index contributed by atoms with van der Waals surface area (Å²) in [4.78, 5) is 3.53. The molecule has 0 radical (unpaired) electrons. The van der Waals surface area contributed by atoms with Crippen LogP contribution in [0.25, 0.3) is 10.2 Å². The van der Waals surface area contributed by atoms with Crippen LogP contribution in [0.5, 0.6) is 0 Å². The predicted octanol–water partition coefficient (Wildman–Crippen LogP) is 3.04. The van der Waals surface area contributed by atoms with Crippen molar-refractivity contribution in [2.75, 3.05) is 5.73 Å². The number of hydrogen-bond donors (Lipinski definition) is 1. The van der Waals surface area contributed by atoms with Crippen LogP contribution in [0.4, 0.5) is 22.7 Å². The van der Waals surface area contributed by atoms with Crippen molar-refractivity contribution < 1.29 is 17.6 Å². The fourth-order valence-electron chi connectivity index (χ4n) is 1.23. The van der Waals surface area contributed by atoms with E-state index in [4.69, 9.17) is 5.73 Å². The van der Waals surface area contributed by atoms with E-state index in [-0.39, 0.29) is 15.3 Å². The van der Waals surface area contributed by atoms with Gasteiger partial charge in [0.25, 0.3) is 0 Å². The quantitative estimate of drug-likeness (QED) is 0.714. The summed E-state index contributed by atoms with van der Waals surface area (Å²) >= 11 is 0.823. The molecule has 2 N–H and O–H groups in total. The first-order valence-corrected chi connectivity index (χ1v) is 4.62. The van der Waals surface area contributed by atoms with Gasteiger partial charge in [-0.25, -0.2) is 9.37 Å². The number of halogens is 4. The summed E-state index contributed by atoms with van der Waals surface area (Å²) < 4.78 is 50.4. The normalized spacial score (nSPS) is 12.3. The van der Waals surface area contributed by atoms with Crippen LogP contribution in [0, 0.1) is 5.82 Å². The number of rotatable bonds is 0. The van der Waals surface area contributed by atoms with Crippen molar-refractivity contribution in [1.82, 2.24) is 4.98 Å². The number of fused-ring (bicyclic) bond motifs is 1. The molecule has 0 fully saturated rings. The maximum Gasteiger partial charge on any atom is 0.418 e. The van der Waals surface area contributed by atoms with Crippen molar-refractivity contribution in [3.63, 3.8) is 0 Å². The monoisotopic (exact) mass is 236 g/mol. The van der Waals surface area contributed by atoms with E-state index in [9.17, 15) is 17.6 Å². The molecule has 0 aliphatic carbocycles. The molecule has 1 aromatic heterocycles. The van der Waals surface area contributed by atoms with Crippen LogP contribution in [-0.4, -0.2) is 4.98 Å². The van der Waals surface area contributed by atoms with Crippen molar-refractivity contribution in [1.29, 1.82) is 0 Å². The molecule has 0 amide bonds. The lowest BCUT2D eigenvalue weighted by molar-refractivity contribution is -0.136. The van der Waals surface area contributed by atoms with E-state index in [2.05, 4.69) is 4.98 Å². The Kier molecular flexibility index (Phi) is 2.07. The zero-order valence-electron chi connectivity index (χ0n) is 7.10. The Morgan fingerprint density at radius 2 is 1.93 bits per heavy atom. The van der Waals surface area contributed by atoms with Crippen LogP contribution in [0.3, 0.4) is 0 Å². The highest BCUT2D eigenvalue weighted by atomic mass is 32.1. The minimum atomic E-state index is -4.62. The van der Waals surface area contributed by atoms with E-state index in [1.165, 1.54) is 0 Å². The third kappa shape index (κ3) is 1.74. The highest BCUT2D eigenvalue weighted by Crippen LogP contribution is 2.37. The molecule has 0 spiro atoms. The molecule has 0 atom stereocenters. The van der Waals surface area contributed by atoms with Gasteiger partial charge in [-0.2, -0.15) is 13.2 Å². The van der Waals surface area contributed by atoms with Crippen LogP contribution >= 0.6 is 11.3 Å². The van der Waals surface area contributed by atoms with Gasteiger partial charge in [-0.05, 0) is 12.1 Å². The second kappa shape index (κ2) is 3.06. The predicted molar refractivity (Wildman–Crippen MR) is 49.0 cm³/mol. The number of anilines is 1. The third-order valence-corrected chi connectivity index (χ3v) is 2.61. The smallest absolute Gasteiger partial charge is 0.375 e. The minimum absolute atomic E-state index is 0.0129. The topological polar surface area (TPSA) is 38.9 Å². The Balaban J connectivity index is 2.82. The second-order valence-electron chi connectivity index (χ2n) is 2.85. The largest absolute Gasteiger partial charge is 0.418 e. The molecule has 2 rings (SSSR count). The first kappa shape index (κ1) is 10.2. The number of nitrogens with zero attached hydrogens (tertiary/aromatic N) is 1. The van der Waals surface area contributed by atoms with E-state index < -0.39 is 17.6 Å². The van der Waals surface area contributed by atoms with E-state index in [1.807, 2.05) is 0 Å². The zero-order valence-corrected chi connectivity index (χ0v) is 7.92. The van der Waals surface area contributed by atoms with Gasteiger partial charge in [-0.15, -0.1) is 0 Å². The van der Waals surface area contributed by atoms with Crippen LogP contribution in [0.2, 0.25) is 0 Å². The minimum Gasteiger partial charge on any atom is -0.375 e. The zero-order chi connectivity index (χ0) is 11.2. The Morgan fingerprint density at radius 1 is 1.27 bits per heavy atom. The first-order chi connectivity index (χ1) is 6.88. The van der Waals surface area contributed by atoms with Gasteiger partial charge in [0, 0.05) is 0 Å². The van der Waals surface area contributed by atoms with Crippen molar-refractivity contribution in [2.45, 2.75) is 6.18 Å². The number of nitrogens with two attached hydrogens (primary N) is 1. The summed E-state index contributed by atoms with van der Waals surface area (Å²) in [6.07, 6.45) is -4.62. The molecule has 0 aliphatic rings. The molecule has 0 unspecified atom stereocenters. The second-order valence-corrected chi connectivity index (χ2v) is 3.91. The number of nitrogen functional groups attached to an aromatic ring is 1. The lowest BCUT2D eigenvalue weighted by atomic mass is 10.2. The molecular weight excluding hydrogens is 232 g/mol. The van der Waals surface area contributed by atoms with Gasteiger partial charge >= 0.3 is 6.18 Å². The molecular formula is C8H4F4N2S. The maximum atomic E-state index is 12.9. The number of benzene rings is 1. The summed E-state index contributed by atoms with van der Waals surface area (Å²) in [5.41, 5.74) is 3.88. The van der Waals surface area contributed by atoms with Crippen LogP contribution in [0.1, 0.15) is 5.56 Å². The molecule has 1 aromatic carbocycles. The molecule has 7 heteroatoms. The molecule has 0 saturated heterocycles. The molecule has 0 aliphatic heterocycles. The van der Waals surface area contributed by atoms with E-state index in [1.54, 1.807) is 0 Å². The SMILES string of the molecule is Nc1nc2c(C(F)(F)F)cc(F)cc2s1. The van der Waals surface area contributed by atoms with Crippen LogP contribution in [-0.2, 0) is 6.18 Å². The highest BCUT2D eigenvalue weighted by molar-refractivity contribution is 7.22. The number of thiazole rings is 1. The van der Waals surface area contributed by atoms with Gasteiger partial charge in [0.1, 0.15) is 5.82 Å². The molecule has 80 valence electrons. The molecule has 2 nitrogen and oxygen atoms in total. The summed E-state index contributed by atoms with van der Waals surface area (Å²) in [7, 11) is 0. The van der Waals surface area contributed by atoms with Crippen molar-refractivity contribution in [3.05, 3.63) is 23.5 Å². The van der Waals surface area contributed by atoms with Crippen molar-refractivity contribution in [2.24, 2.45) is 0 Å². The van der Waals surface area contributed by atoms with Crippen LogP contribution in [0.15, 0.2) is 12.1 Å². The van der Waals surface area contributed by atoms with Gasteiger partial charge in [0.05, 0.1) is 15.8 Å². The maximum absolute atomic E-state index is 12.9. The Morgan fingerprint density at radius 3 is 2.53 bits per heavy atom. The van der Waals surface area contributed by atoms with Gasteiger partial charge in [0.15, 0.2) is 5.13 Å². The third-order valence-electron chi connectivity index (χ3n) is 1.78. The molecule has 2 aromatic rings. The van der Waals surface area contributed by atoms with Crippen LogP contribution < -0.4 is 5.73 Å². The van der Waals surface area contributed by atoms with Crippen molar-refractivity contribution >= 4 is 26.7 Å². The Bertz CT molecular complexity index is 517. The average molecular weight is 236 g/mol. The lowest BCUT2D eigenvalue weighted by Crippen LogP contribution is -2.06. The van der Waals surface area contributed by atoms with Gasteiger partial charge < -0.3 is 5.73 Å². The lowest BCUT2D eigenvalue weighted by Gasteiger charge is -2.06. The van der Waals surface area contributed by atoms with Gasteiger partial charge in [-0.1, -0.05) is 11.3 Å². The standard InChI is InChI=1S/C8H4F4N2S/c9-3-1-4(8(10,11)12)6-5(2-3)15-7(13)14-6/h1-2H,(H2,13,14). The molecule has 0 bridgehead atoms. The van der Waals surface area contributed by atoms with Crippen molar-refractivity contribution in [3.8, 4) is 0 Å². The number of alkyl halides is 3. The average Bonchev–Trinajstić information content (AvgIpc) is 2.41.